The molecule has 96 valence electrons. The summed E-state index contributed by atoms with van der Waals surface area (Å²) in [6.07, 6.45) is 1.67. The minimum atomic E-state index is -0.886. The maximum absolute atomic E-state index is 10.8. The fraction of sp³-hybridized carbons (Fsp3) is 0.118. The zero-order valence-corrected chi connectivity index (χ0v) is 11.1. The van der Waals surface area contributed by atoms with Gasteiger partial charge in [0.25, 0.3) is 0 Å². The highest BCUT2D eigenvalue weighted by Crippen LogP contribution is 2.23. The average Bonchev–Trinajstić information content (AvgIpc) is 2.40. The van der Waals surface area contributed by atoms with Crippen LogP contribution in [-0.2, 0) is 4.79 Å². The van der Waals surface area contributed by atoms with Crippen LogP contribution in [-0.4, -0.2) is 11.1 Å². The zero-order chi connectivity index (χ0) is 13.8. The summed E-state index contributed by atoms with van der Waals surface area (Å²) >= 11 is 0. The predicted molar refractivity (Wildman–Crippen MR) is 77.9 cm³/mol. The third kappa shape index (κ3) is 3.10. The summed E-state index contributed by atoms with van der Waals surface area (Å²) in [5.41, 5.74) is 4.81. The van der Waals surface area contributed by atoms with Gasteiger partial charge < -0.3 is 5.11 Å². The molecule has 0 aliphatic heterocycles. The van der Waals surface area contributed by atoms with Crippen molar-refractivity contribution in [3.8, 4) is 11.1 Å². The smallest absolute Gasteiger partial charge is 0.331 e. The van der Waals surface area contributed by atoms with E-state index < -0.39 is 5.97 Å². The van der Waals surface area contributed by atoms with E-state index in [0.29, 0.717) is 5.57 Å². The Morgan fingerprint density at radius 3 is 2.26 bits per heavy atom. The molecule has 0 aliphatic rings. The molecule has 0 saturated heterocycles. The van der Waals surface area contributed by atoms with E-state index >= 15 is 0 Å². The topological polar surface area (TPSA) is 37.3 Å². The molecule has 0 amide bonds. The van der Waals surface area contributed by atoms with Crippen molar-refractivity contribution in [1.29, 1.82) is 0 Å². The Bertz CT molecular complexity index is 622. The number of carboxylic acids is 1. The van der Waals surface area contributed by atoms with Crippen LogP contribution in [0.5, 0.6) is 0 Å². The molecule has 0 unspecified atom stereocenters. The van der Waals surface area contributed by atoms with Crippen molar-refractivity contribution in [3.63, 3.8) is 0 Å². The molecule has 2 rings (SSSR count). The second-order valence-electron chi connectivity index (χ2n) is 4.57. The van der Waals surface area contributed by atoms with Crippen LogP contribution in [0.25, 0.3) is 17.2 Å². The Balaban J connectivity index is 2.32. The van der Waals surface area contributed by atoms with Crippen LogP contribution in [0, 0.1) is 6.92 Å². The first-order chi connectivity index (χ1) is 9.08. The number of carboxylic acid groups (broad SMARTS) is 1. The van der Waals surface area contributed by atoms with E-state index in [2.05, 4.69) is 19.1 Å². The lowest BCUT2D eigenvalue weighted by molar-refractivity contribution is -0.132. The van der Waals surface area contributed by atoms with Gasteiger partial charge in [-0.2, -0.15) is 0 Å². The van der Waals surface area contributed by atoms with E-state index in [0.717, 1.165) is 11.1 Å². The first-order valence-corrected chi connectivity index (χ1v) is 6.15. The maximum atomic E-state index is 10.8. The van der Waals surface area contributed by atoms with Crippen molar-refractivity contribution in [1.82, 2.24) is 0 Å². The lowest BCUT2D eigenvalue weighted by Gasteiger charge is -2.06. The van der Waals surface area contributed by atoms with E-state index in [4.69, 9.17) is 5.11 Å². The number of benzene rings is 2. The Hall–Kier alpha value is -2.35. The summed E-state index contributed by atoms with van der Waals surface area (Å²) in [4.78, 5) is 10.8. The normalized spacial score (nSPS) is 11.4. The fourth-order valence-electron chi connectivity index (χ4n) is 1.97. The number of aliphatic carboxylic acids is 1. The van der Waals surface area contributed by atoms with Gasteiger partial charge in [-0.1, -0.05) is 48.5 Å². The second-order valence-corrected chi connectivity index (χ2v) is 4.57. The lowest BCUT2D eigenvalue weighted by Crippen LogP contribution is -1.95. The Kier molecular flexibility index (Phi) is 3.81. The molecule has 0 atom stereocenters. The lowest BCUT2D eigenvalue weighted by atomic mass is 9.99. The maximum Gasteiger partial charge on any atom is 0.331 e. The van der Waals surface area contributed by atoms with Crippen molar-refractivity contribution < 1.29 is 9.90 Å². The van der Waals surface area contributed by atoms with Gasteiger partial charge in [-0.05, 0) is 42.2 Å². The van der Waals surface area contributed by atoms with Crippen molar-refractivity contribution in [3.05, 3.63) is 65.2 Å². The Labute approximate surface area is 113 Å². The summed E-state index contributed by atoms with van der Waals surface area (Å²) in [6.45, 7) is 3.68. The highest BCUT2D eigenvalue weighted by atomic mass is 16.4. The van der Waals surface area contributed by atoms with Gasteiger partial charge in [0.05, 0.1) is 0 Å². The fourth-order valence-corrected chi connectivity index (χ4v) is 1.97. The van der Waals surface area contributed by atoms with Crippen LogP contribution in [0.3, 0.4) is 0 Å². The molecule has 2 aromatic rings. The SMILES string of the molecule is C/C(=C\c1ccc(-c2ccccc2C)cc1)C(=O)O. The minimum absolute atomic E-state index is 0.337. The van der Waals surface area contributed by atoms with E-state index in [1.807, 2.05) is 36.4 Å². The van der Waals surface area contributed by atoms with Crippen molar-refractivity contribution in [2.24, 2.45) is 0 Å². The first kappa shape index (κ1) is 13.1. The Morgan fingerprint density at radius 1 is 1.05 bits per heavy atom. The highest BCUT2D eigenvalue weighted by Gasteiger charge is 2.02. The van der Waals surface area contributed by atoms with E-state index in [1.165, 1.54) is 11.1 Å². The molecule has 0 spiro atoms. The molecule has 0 radical (unpaired) electrons. The van der Waals surface area contributed by atoms with E-state index in [9.17, 15) is 4.79 Å². The highest BCUT2D eigenvalue weighted by molar-refractivity contribution is 5.91. The predicted octanol–water partition coefficient (Wildman–Crippen LogP) is 4.15. The molecular weight excluding hydrogens is 236 g/mol. The quantitative estimate of drug-likeness (QED) is 0.833. The summed E-state index contributed by atoms with van der Waals surface area (Å²) in [7, 11) is 0. The van der Waals surface area contributed by atoms with Crippen LogP contribution >= 0.6 is 0 Å². The molecule has 0 saturated carbocycles. The second kappa shape index (κ2) is 5.53. The van der Waals surface area contributed by atoms with E-state index in [1.54, 1.807) is 13.0 Å². The summed E-state index contributed by atoms with van der Waals surface area (Å²) in [5.74, 6) is -0.886. The van der Waals surface area contributed by atoms with Crippen LogP contribution in [0.4, 0.5) is 0 Å². The molecular formula is C17H16O2. The van der Waals surface area contributed by atoms with Gasteiger partial charge in [0, 0.05) is 5.57 Å². The van der Waals surface area contributed by atoms with Gasteiger partial charge in [0.1, 0.15) is 0 Å². The monoisotopic (exact) mass is 252 g/mol. The molecule has 2 nitrogen and oxygen atoms in total. The van der Waals surface area contributed by atoms with Gasteiger partial charge in [-0.25, -0.2) is 4.79 Å². The molecule has 2 heteroatoms. The van der Waals surface area contributed by atoms with Gasteiger partial charge in [-0.15, -0.1) is 0 Å². The molecule has 0 heterocycles. The van der Waals surface area contributed by atoms with Crippen LogP contribution in [0.15, 0.2) is 54.1 Å². The molecule has 0 aromatic heterocycles. The van der Waals surface area contributed by atoms with Crippen molar-refractivity contribution >= 4 is 12.0 Å². The number of hydrogen-bond acceptors (Lipinski definition) is 1. The molecule has 1 N–H and O–H groups in total. The van der Waals surface area contributed by atoms with E-state index in [-0.39, 0.29) is 0 Å². The van der Waals surface area contributed by atoms with Crippen LogP contribution < -0.4 is 0 Å². The van der Waals surface area contributed by atoms with Crippen LogP contribution in [0.1, 0.15) is 18.1 Å². The average molecular weight is 252 g/mol. The molecule has 0 aliphatic carbocycles. The molecule has 0 bridgehead atoms. The zero-order valence-electron chi connectivity index (χ0n) is 11.1. The number of hydrogen-bond donors (Lipinski definition) is 1. The van der Waals surface area contributed by atoms with Crippen molar-refractivity contribution in [2.75, 3.05) is 0 Å². The van der Waals surface area contributed by atoms with Gasteiger partial charge in [0.2, 0.25) is 0 Å². The van der Waals surface area contributed by atoms with Crippen molar-refractivity contribution in [2.45, 2.75) is 13.8 Å². The minimum Gasteiger partial charge on any atom is -0.478 e. The largest absolute Gasteiger partial charge is 0.478 e. The number of aryl methyl sites for hydroxylation is 1. The van der Waals surface area contributed by atoms with Crippen LogP contribution in [0.2, 0.25) is 0 Å². The van der Waals surface area contributed by atoms with Gasteiger partial charge in [0.15, 0.2) is 0 Å². The summed E-state index contributed by atoms with van der Waals surface area (Å²) in [5, 5.41) is 8.84. The third-order valence-electron chi connectivity index (χ3n) is 3.09. The molecule has 19 heavy (non-hydrogen) atoms. The number of carbonyl (C=O) groups is 1. The summed E-state index contributed by atoms with van der Waals surface area (Å²) in [6, 6.07) is 16.1. The number of rotatable bonds is 3. The standard InChI is InChI=1S/C17H16O2/c1-12-5-3-4-6-16(12)15-9-7-14(8-10-15)11-13(2)17(18)19/h3-11H,1-2H3,(H,18,19)/b13-11+. The summed E-state index contributed by atoms with van der Waals surface area (Å²) < 4.78 is 0. The molecule has 2 aromatic carbocycles. The van der Waals surface area contributed by atoms with Gasteiger partial charge >= 0.3 is 5.97 Å². The van der Waals surface area contributed by atoms with Gasteiger partial charge in [-0.3, -0.25) is 0 Å². The Morgan fingerprint density at radius 2 is 1.68 bits per heavy atom. The third-order valence-corrected chi connectivity index (χ3v) is 3.09. The first-order valence-electron chi connectivity index (χ1n) is 6.15. The molecule has 0 fully saturated rings.